The highest BCUT2D eigenvalue weighted by molar-refractivity contribution is 5.40. The number of aryl methyl sites for hydroxylation is 2. The highest BCUT2D eigenvalue weighted by atomic mass is 16.5. The highest BCUT2D eigenvalue weighted by Gasteiger charge is 1.99. The van der Waals surface area contributed by atoms with Gasteiger partial charge in [0.05, 0.1) is 6.54 Å². The topological polar surface area (TPSA) is 35.2 Å². The Balaban J connectivity index is 2.07. The first-order valence-corrected chi connectivity index (χ1v) is 6.66. The average Bonchev–Trinajstić information content (AvgIpc) is 2.42. The summed E-state index contributed by atoms with van der Waals surface area (Å²) >= 11 is 0. The Labute approximate surface area is 120 Å². The van der Waals surface area contributed by atoms with Gasteiger partial charge in [-0.25, -0.2) is 0 Å². The second-order valence-corrected chi connectivity index (χ2v) is 4.82. The summed E-state index contributed by atoms with van der Waals surface area (Å²) in [7, 11) is 0. The number of nitrogens with two attached hydrogens (primary N) is 1. The number of hydrogen-bond acceptors (Lipinski definition) is 2. The molecule has 0 bridgehead atoms. The second-order valence-electron chi connectivity index (χ2n) is 4.82. The molecule has 0 spiro atoms. The molecule has 0 fully saturated rings. The average molecular weight is 265 g/mol. The van der Waals surface area contributed by atoms with Gasteiger partial charge in [-0.1, -0.05) is 47.2 Å². The zero-order chi connectivity index (χ0) is 14.4. The lowest BCUT2D eigenvalue weighted by atomic mass is 10.1. The smallest absolute Gasteiger partial charge is 0.121 e. The molecule has 0 unspecified atom stereocenters. The Bertz CT molecular complexity index is 630. The van der Waals surface area contributed by atoms with Crippen molar-refractivity contribution in [3.63, 3.8) is 0 Å². The molecule has 2 nitrogen and oxygen atoms in total. The largest absolute Gasteiger partial charge is 0.489 e. The van der Waals surface area contributed by atoms with Crippen molar-refractivity contribution >= 4 is 0 Å². The van der Waals surface area contributed by atoms with Gasteiger partial charge in [0.25, 0.3) is 0 Å². The molecule has 0 saturated carbocycles. The van der Waals surface area contributed by atoms with E-state index in [1.54, 1.807) is 0 Å². The van der Waals surface area contributed by atoms with Crippen molar-refractivity contribution in [2.24, 2.45) is 5.73 Å². The normalized spacial score (nSPS) is 9.75. The van der Waals surface area contributed by atoms with Crippen LogP contribution in [0.25, 0.3) is 0 Å². The van der Waals surface area contributed by atoms with E-state index < -0.39 is 0 Å². The van der Waals surface area contributed by atoms with Gasteiger partial charge in [-0.15, -0.1) is 0 Å². The van der Waals surface area contributed by atoms with E-state index in [0.29, 0.717) is 13.2 Å². The Morgan fingerprint density at radius 3 is 2.50 bits per heavy atom. The van der Waals surface area contributed by atoms with E-state index in [2.05, 4.69) is 43.9 Å². The number of ether oxygens (including phenoxy) is 1. The molecular weight excluding hydrogens is 246 g/mol. The van der Waals surface area contributed by atoms with Gasteiger partial charge >= 0.3 is 0 Å². The zero-order valence-corrected chi connectivity index (χ0v) is 11.9. The highest BCUT2D eigenvalue weighted by Crippen LogP contribution is 2.16. The van der Waals surface area contributed by atoms with Crippen LogP contribution in [0.1, 0.15) is 22.3 Å². The first-order valence-electron chi connectivity index (χ1n) is 6.66. The van der Waals surface area contributed by atoms with E-state index in [4.69, 9.17) is 10.5 Å². The van der Waals surface area contributed by atoms with Crippen molar-refractivity contribution in [3.05, 3.63) is 64.7 Å². The Morgan fingerprint density at radius 2 is 1.80 bits per heavy atom. The van der Waals surface area contributed by atoms with Crippen LogP contribution in [-0.4, -0.2) is 6.54 Å². The molecule has 2 aromatic carbocycles. The second kappa shape index (κ2) is 6.79. The van der Waals surface area contributed by atoms with Gasteiger partial charge in [0.2, 0.25) is 0 Å². The zero-order valence-electron chi connectivity index (χ0n) is 11.9. The third-order valence-corrected chi connectivity index (χ3v) is 2.86. The molecular formula is C18H19NO. The van der Waals surface area contributed by atoms with Crippen molar-refractivity contribution in [1.82, 2.24) is 0 Å². The Hall–Kier alpha value is -2.24. The molecule has 0 heterocycles. The molecule has 2 heteroatoms. The Morgan fingerprint density at radius 1 is 1.05 bits per heavy atom. The summed E-state index contributed by atoms with van der Waals surface area (Å²) < 4.78 is 5.82. The molecule has 0 aliphatic carbocycles. The predicted molar refractivity (Wildman–Crippen MR) is 82.6 cm³/mol. The molecule has 2 N–H and O–H groups in total. The summed E-state index contributed by atoms with van der Waals surface area (Å²) in [5, 5.41) is 0. The van der Waals surface area contributed by atoms with Gasteiger partial charge in [0.15, 0.2) is 0 Å². The van der Waals surface area contributed by atoms with Crippen LogP contribution in [0.5, 0.6) is 5.75 Å². The van der Waals surface area contributed by atoms with Crippen LogP contribution in [0.4, 0.5) is 0 Å². The van der Waals surface area contributed by atoms with Crippen LogP contribution < -0.4 is 10.5 Å². The minimum Gasteiger partial charge on any atom is -0.489 e. The van der Waals surface area contributed by atoms with Crippen molar-refractivity contribution in [2.75, 3.05) is 6.54 Å². The summed E-state index contributed by atoms with van der Waals surface area (Å²) in [6.45, 7) is 5.13. The summed E-state index contributed by atoms with van der Waals surface area (Å²) in [6.07, 6.45) is 0. The molecule has 0 atom stereocenters. The maximum atomic E-state index is 5.82. The predicted octanol–water partition coefficient (Wildman–Crippen LogP) is 3.19. The summed E-state index contributed by atoms with van der Waals surface area (Å²) in [5.74, 6) is 6.68. The molecule has 0 aromatic heterocycles. The number of benzene rings is 2. The lowest BCUT2D eigenvalue weighted by Crippen LogP contribution is -1.97. The standard InChI is InChI=1S/C18H19NO/c1-14-9-15(2)11-17(10-14)13-20-18-7-3-5-16(12-18)6-4-8-19/h3,5,7,9-12H,8,13,19H2,1-2H3. The van der Waals surface area contributed by atoms with E-state index >= 15 is 0 Å². The van der Waals surface area contributed by atoms with Gasteiger partial charge in [0, 0.05) is 5.56 Å². The minimum absolute atomic E-state index is 0.369. The maximum Gasteiger partial charge on any atom is 0.121 e. The van der Waals surface area contributed by atoms with Crippen molar-refractivity contribution < 1.29 is 4.74 Å². The molecule has 0 aliphatic heterocycles. The van der Waals surface area contributed by atoms with E-state index in [9.17, 15) is 0 Å². The lowest BCUT2D eigenvalue weighted by molar-refractivity contribution is 0.306. The van der Waals surface area contributed by atoms with Crippen LogP contribution in [0.2, 0.25) is 0 Å². The van der Waals surface area contributed by atoms with Crippen LogP contribution in [0.15, 0.2) is 42.5 Å². The first-order chi connectivity index (χ1) is 9.67. The third kappa shape index (κ3) is 4.15. The van der Waals surface area contributed by atoms with Gasteiger partial charge in [-0.05, 0) is 37.6 Å². The lowest BCUT2D eigenvalue weighted by Gasteiger charge is -2.08. The summed E-state index contributed by atoms with van der Waals surface area (Å²) in [4.78, 5) is 0. The van der Waals surface area contributed by atoms with E-state index in [-0.39, 0.29) is 0 Å². The molecule has 0 radical (unpaired) electrons. The monoisotopic (exact) mass is 265 g/mol. The van der Waals surface area contributed by atoms with E-state index in [1.807, 2.05) is 24.3 Å². The molecule has 2 aromatic rings. The van der Waals surface area contributed by atoms with Gasteiger partial charge in [-0.2, -0.15) is 0 Å². The number of rotatable bonds is 3. The van der Waals surface area contributed by atoms with Crippen LogP contribution in [-0.2, 0) is 6.61 Å². The molecule has 102 valence electrons. The fourth-order valence-electron chi connectivity index (χ4n) is 2.14. The minimum atomic E-state index is 0.369. The third-order valence-electron chi connectivity index (χ3n) is 2.86. The van der Waals surface area contributed by atoms with Crippen LogP contribution >= 0.6 is 0 Å². The van der Waals surface area contributed by atoms with Gasteiger partial charge < -0.3 is 10.5 Å². The molecule has 20 heavy (non-hydrogen) atoms. The Kier molecular flexibility index (Phi) is 4.81. The van der Waals surface area contributed by atoms with Crippen LogP contribution in [0.3, 0.4) is 0 Å². The maximum absolute atomic E-state index is 5.82. The number of hydrogen-bond donors (Lipinski definition) is 1. The van der Waals surface area contributed by atoms with Gasteiger partial charge in [-0.3, -0.25) is 0 Å². The summed E-state index contributed by atoms with van der Waals surface area (Å²) in [5.41, 5.74) is 9.99. The summed E-state index contributed by atoms with van der Waals surface area (Å²) in [6, 6.07) is 14.2. The quantitative estimate of drug-likeness (QED) is 0.865. The van der Waals surface area contributed by atoms with E-state index in [1.165, 1.54) is 16.7 Å². The SMILES string of the molecule is Cc1cc(C)cc(COc2cccc(C#CCN)c2)c1. The van der Waals surface area contributed by atoms with Gasteiger partial charge in [0.1, 0.15) is 12.4 Å². The fourth-order valence-corrected chi connectivity index (χ4v) is 2.14. The fraction of sp³-hybridized carbons (Fsp3) is 0.222. The van der Waals surface area contributed by atoms with Crippen molar-refractivity contribution in [3.8, 4) is 17.6 Å². The molecule has 0 aliphatic rings. The van der Waals surface area contributed by atoms with Crippen molar-refractivity contribution in [1.29, 1.82) is 0 Å². The molecule has 0 saturated heterocycles. The first kappa shape index (κ1) is 14.2. The van der Waals surface area contributed by atoms with E-state index in [0.717, 1.165) is 11.3 Å². The van der Waals surface area contributed by atoms with Crippen LogP contribution in [0, 0.1) is 25.7 Å². The molecule has 0 amide bonds. The molecule has 2 rings (SSSR count). The van der Waals surface area contributed by atoms with Crippen molar-refractivity contribution in [2.45, 2.75) is 20.5 Å².